The smallest absolute Gasteiger partial charge is 0.272 e. The lowest BCUT2D eigenvalue weighted by Crippen LogP contribution is -2.45. The molecule has 1 N–H and O–H groups in total. The van der Waals surface area contributed by atoms with Crippen LogP contribution in [-0.4, -0.2) is 30.7 Å². The molecule has 0 spiro atoms. The molecular weight excluding hydrogens is 412 g/mol. The number of fused-ring (bicyclic) bond motifs is 1. The van der Waals surface area contributed by atoms with Crippen LogP contribution in [0.5, 0.6) is 0 Å². The van der Waals surface area contributed by atoms with E-state index in [1.807, 2.05) is 54.6 Å². The molecule has 1 aliphatic heterocycles. The zero-order valence-electron chi connectivity index (χ0n) is 17.1. The summed E-state index contributed by atoms with van der Waals surface area (Å²) in [5.74, 6) is -2.56. The third kappa shape index (κ3) is 4.32. The number of hydrogen-bond donors (Lipinski definition) is 1. The molecule has 0 radical (unpaired) electrons. The van der Waals surface area contributed by atoms with Gasteiger partial charge in [-0.25, -0.2) is 13.8 Å². The van der Waals surface area contributed by atoms with E-state index in [1.54, 1.807) is 7.05 Å². The molecule has 0 saturated carbocycles. The summed E-state index contributed by atoms with van der Waals surface area (Å²) in [6.45, 7) is 0. The molecule has 2 amide bonds. The Hall–Kier alpha value is -4.13. The summed E-state index contributed by atoms with van der Waals surface area (Å²) in [6, 6.07) is 19.8. The monoisotopic (exact) mass is 431 g/mol. The third-order valence-electron chi connectivity index (χ3n) is 5.05. The molecule has 0 fully saturated rings. The largest absolute Gasteiger partial charge is 0.323 e. The molecular formula is C25H19F2N3O2. The molecule has 0 bridgehead atoms. The van der Waals surface area contributed by atoms with Crippen LogP contribution in [0.25, 0.3) is 6.08 Å². The van der Waals surface area contributed by atoms with Crippen LogP contribution in [0.15, 0.2) is 83.9 Å². The van der Waals surface area contributed by atoms with Gasteiger partial charge >= 0.3 is 0 Å². The van der Waals surface area contributed by atoms with Gasteiger partial charge in [0.25, 0.3) is 5.91 Å². The second-order valence-corrected chi connectivity index (χ2v) is 7.17. The van der Waals surface area contributed by atoms with Crippen LogP contribution in [0.4, 0.5) is 14.5 Å². The topological polar surface area (TPSA) is 61.8 Å². The molecule has 0 unspecified atom stereocenters. The van der Waals surface area contributed by atoms with Gasteiger partial charge < -0.3 is 10.2 Å². The van der Waals surface area contributed by atoms with Crippen LogP contribution in [0.3, 0.4) is 0 Å². The first kappa shape index (κ1) is 21.1. The zero-order valence-corrected chi connectivity index (χ0v) is 17.1. The Labute approximate surface area is 183 Å². The van der Waals surface area contributed by atoms with E-state index in [-0.39, 0.29) is 5.56 Å². The van der Waals surface area contributed by atoms with Crippen LogP contribution < -0.4 is 10.2 Å². The number of anilines is 1. The number of nitrogens with zero attached hydrogens (tertiary/aromatic N) is 2. The number of likely N-dealkylation sites (N-methyl/N-ethyl adjacent to an activating group) is 1. The Bertz CT molecular complexity index is 1240. The minimum absolute atomic E-state index is 0.0479. The van der Waals surface area contributed by atoms with Crippen molar-refractivity contribution in [3.05, 3.63) is 107 Å². The van der Waals surface area contributed by atoms with Gasteiger partial charge in [0, 0.05) is 35.9 Å². The van der Waals surface area contributed by atoms with Crippen LogP contribution in [-0.2, 0) is 9.59 Å². The standard InChI is InChI=1S/C25H19F2N3O2/c1-30-21-10-6-5-9-19(21)23(17-7-3-2-4-8-17)29-24(25(30)32)28-22(31)14-12-16-11-13-18(26)15-20(16)27/h2-15,24H,1H3,(H,28,31)/b14-12+/t24-/m1/s1. The number of aliphatic imine (C=N–C) groups is 1. The van der Waals surface area contributed by atoms with E-state index in [9.17, 15) is 18.4 Å². The van der Waals surface area contributed by atoms with Crippen molar-refractivity contribution in [2.75, 3.05) is 11.9 Å². The maximum atomic E-state index is 13.8. The molecule has 32 heavy (non-hydrogen) atoms. The van der Waals surface area contributed by atoms with Gasteiger partial charge in [-0.15, -0.1) is 0 Å². The Balaban J connectivity index is 1.66. The van der Waals surface area contributed by atoms with Gasteiger partial charge in [-0.2, -0.15) is 0 Å². The minimum atomic E-state index is -1.18. The number of benzodiazepines with no additional fused rings is 1. The van der Waals surface area contributed by atoms with Crippen LogP contribution in [0.1, 0.15) is 16.7 Å². The lowest BCUT2D eigenvalue weighted by Gasteiger charge is -2.20. The first-order chi connectivity index (χ1) is 15.4. The highest BCUT2D eigenvalue weighted by Gasteiger charge is 2.30. The maximum absolute atomic E-state index is 13.8. The molecule has 1 heterocycles. The average Bonchev–Trinajstić information content (AvgIpc) is 2.90. The first-order valence-electron chi connectivity index (χ1n) is 9.88. The maximum Gasteiger partial charge on any atom is 0.272 e. The molecule has 160 valence electrons. The second-order valence-electron chi connectivity index (χ2n) is 7.17. The predicted octanol–water partition coefficient (Wildman–Crippen LogP) is 3.93. The number of benzene rings is 3. The molecule has 0 saturated heterocycles. The quantitative estimate of drug-likeness (QED) is 0.637. The fourth-order valence-corrected chi connectivity index (χ4v) is 3.43. The number of amides is 2. The number of para-hydroxylation sites is 1. The van der Waals surface area contributed by atoms with Crippen molar-refractivity contribution in [2.24, 2.45) is 4.99 Å². The van der Waals surface area contributed by atoms with E-state index >= 15 is 0 Å². The van der Waals surface area contributed by atoms with Gasteiger partial charge in [0.2, 0.25) is 12.1 Å². The van der Waals surface area contributed by atoms with Gasteiger partial charge in [0.05, 0.1) is 11.4 Å². The SMILES string of the molecule is CN1C(=O)[C@H](NC(=O)/C=C/c2ccc(F)cc2F)N=C(c2ccccc2)c2ccccc21. The highest BCUT2D eigenvalue weighted by Crippen LogP contribution is 2.27. The van der Waals surface area contributed by atoms with Gasteiger partial charge in [0.1, 0.15) is 11.6 Å². The molecule has 0 aliphatic carbocycles. The number of halogens is 2. The highest BCUT2D eigenvalue weighted by molar-refractivity contribution is 6.20. The van der Waals surface area contributed by atoms with Crippen molar-refractivity contribution in [1.29, 1.82) is 0 Å². The van der Waals surface area contributed by atoms with E-state index in [0.717, 1.165) is 29.3 Å². The fraction of sp³-hybridized carbons (Fsp3) is 0.0800. The summed E-state index contributed by atoms with van der Waals surface area (Å²) in [5, 5.41) is 2.57. The number of rotatable bonds is 4. The predicted molar refractivity (Wildman–Crippen MR) is 119 cm³/mol. The van der Waals surface area contributed by atoms with E-state index in [1.165, 1.54) is 17.0 Å². The molecule has 3 aromatic carbocycles. The van der Waals surface area contributed by atoms with E-state index < -0.39 is 29.6 Å². The number of nitrogens with one attached hydrogen (secondary N) is 1. The summed E-state index contributed by atoms with van der Waals surface area (Å²) in [4.78, 5) is 31.6. The van der Waals surface area contributed by atoms with Gasteiger partial charge in [-0.05, 0) is 24.3 Å². The van der Waals surface area contributed by atoms with Gasteiger partial charge in [0.15, 0.2) is 0 Å². The summed E-state index contributed by atoms with van der Waals surface area (Å²) < 4.78 is 26.9. The van der Waals surface area contributed by atoms with Crippen LogP contribution in [0.2, 0.25) is 0 Å². The van der Waals surface area contributed by atoms with Crippen molar-refractivity contribution in [3.8, 4) is 0 Å². The van der Waals surface area contributed by atoms with Crippen LogP contribution >= 0.6 is 0 Å². The summed E-state index contributed by atoms with van der Waals surface area (Å²) in [6.07, 6.45) is 1.11. The van der Waals surface area contributed by atoms with Crippen molar-refractivity contribution in [3.63, 3.8) is 0 Å². The molecule has 0 aromatic heterocycles. The Morgan fingerprint density at radius 1 is 1.03 bits per heavy atom. The highest BCUT2D eigenvalue weighted by atomic mass is 19.1. The molecule has 4 rings (SSSR count). The summed E-state index contributed by atoms with van der Waals surface area (Å²) >= 11 is 0. The van der Waals surface area contributed by atoms with Crippen molar-refractivity contribution < 1.29 is 18.4 Å². The van der Waals surface area contributed by atoms with E-state index in [0.29, 0.717) is 11.4 Å². The molecule has 7 heteroatoms. The lowest BCUT2D eigenvalue weighted by molar-refractivity contribution is -0.124. The van der Waals surface area contributed by atoms with E-state index in [2.05, 4.69) is 10.3 Å². The van der Waals surface area contributed by atoms with Crippen LogP contribution in [0, 0.1) is 11.6 Å². The van der Waals surface area contributed by atoms with Gasteiger partial charge in [-0.1, -0.05) is 48.5 Å². The summed E-state index contributed by atoms with van der Waals surface area (Å²) in [5.41, 5.74) is 2.84. The average molecular weight is 431 g/mol. The first-order valence-corrected chi connectivity index (χ1v) is 9.88. The lowest BCUT2D eigenvalue weighted by atomic mass is 10.0. The van der Waals surface area contributed by atoms with Crippen molar-refractivity contribution in [2.45, 2.75) is 6.17 Å². The summed E-state index contributed by atoms with van der Waals surface area (Å²) in [7, 11) is 1.62. The molecule has 3 aromatic rings. The van der Waals surface area contributed by atoms with E-state index in [4.69, 9.17) is 0 Å². The molecule has 1 atom stereocenters. The van der Waals surface area contributed by atoms with Gasteiger partial charge in [-0.3, -0.25) is 9.59 Å². The number of carbonyl (C=O) groups is 2. The number of carbonyl (C=O) groups excluding carboxylic acids is 2. The third-order valence-corrected chi connectivity index (χ3v) is 5.05. The molecule has 1 aliphatic rings. The minimum Gasteiger partial charge on any atom is -0.323 e. The normalized spacial score (nSPS) is 15.8. The van der Waals surface area contributed by atoms with Crippen molar-refractivity contribution >= 4 is 29.3 Å². The zero-order chi connectivity index (χ0) is 22.7. The Morgan fingerprint density at radius 3 is 2.50 bits per heavy atom. The number of hydrogen-bond acceptors (Lipinski definition) is 3. The Morgan fingerprint density at radius 2 is 1.75 bits per heavy atom. The fourth-order valence-electron chi connectivity index (χ4n) is 3.43. The molecule has 5 nitrogen and oxygen atoms in total. The van der Waals surface area contributed by atoms with Crippen molar-refractivity contribution in [1.82, 2.24) is 5.32 Å². The Kier molecular flexibility index (Phi) is 5.89. The second kappa shape index (κ2) is 8.93.